The molecule has 0 saturated carbocycles. The SMILES string of the molecule is CCN(CC(C)C#N)C(=O)Cc1ccc(Cl)cc1. The summed E-state index contributed by atoms with van der Waals surface area (Å²) in [6.45, 7) is 4.85. The molecule has 1 rings (SSSR count). The van der Waals surface area contributed by atoms with Gasteiger partial charge in [0.25, 0.3) is 0 Å². The summed E-state index contributed by atoms with van der Waals surface area (Å²) < 4.78 is 0. The Morgan fingerprint density at radius 3 is 2.56 bits per heavy atom. The maximum atomic E-state index is 12.1. The summed E-state index contributed by atoms with van der Waals surface area (Å²) in [7, 11) is 0. The van der Waals surface area contributed by atoms with Crippen LogP contribution in [0.1, 0.15) is 19.4 Å². The van der Waals surface area contributed by atoms with Crippen molar-refractivity contribution in [3.05, 3.63) is 34.9 Å². The van der Waals surface area contributed by atoms with Gasteiger partial charge in [0.05, 0.1) is 18.4 Å². The molecule has 0 N–H and O–H groups in total. The van der Waals surface area contributed by atoms with Crippen molar-refractivity contribution in [1.29, 1.82) is 5.26 Å². The molecule has 0 fully saturated rings. The van der Waals surface area contributed by atoms with Crippen LogP contribution in [0.5, 0.6) is 0 Å². The van der Waals surface area contributed by atoms with Crippen molar-refractivity contribution in [3.8, 4) is 6.07 Å². The Morgan fingerprint density at radius 2 is 2.06 bits per heavy atom. The molecule has 3 nitrogen and oxygen atoms in total. The second-order valence-electron chi connectivity index (χ2n) is 4.27. The molecular weight excluding hydrogens is 248 g/mol. The predicted octanol–water partition coefficient (Wildman–Crippen LogP) is 2.89. The molecular formula is C14H17ClN2O. The topological polar surface area (TPSA) is 44.1 Å². The van der Waals surface area contributed by atoms with Crippen LogP contribution in [0.4, 0.5) is 0 Å². The zero-order valence-electron chi connectivity index (χ0n) is 10.7. The lowest BCUT2D eigenvalue weighted by Crippen LogP contribution is -2.35. The molecule has 0 aliphatic carbocycles. The largest absolute Gasteiger partial charge is 0.341 e. The Hall–Kier alpha value is -1.53. The highest BCUT2D eigenvalue weighted by atomic mass is 35.5. The monoisotopic (exact) mass is 264 g/mol. The smallest absolute Gasteiger partial charge is 0.227 e. The number of nitrogens with zero attached hydrogens (tertiary/aromatic N) is 2. The van der Waals surface area contributed by atoms with Gasteiger partial charge in [0, 0.05) is 18.1 Å². The Balaban J connectivity index is 2.62. The zero-order chi connectivity index (χ0) is 13.5. The highest BCUT2D eigenvalue weighted by molar-refractivity contribution is 6.30. The number of carbonyl (C=O) groups excluding carboxylic acids is 1. The average molecular weight is 265 g/mol. The third-order valence-corrected chi connectivity index (χ3v) is 2.97. The van der Waals surface area contributed by atoms with E-state index in [0.29, 0.717) is 24.5 Å². The minimum Gasteiger partial charge on any atom is -0.341 e. The van der Waals surface area contributed by atoms with E-state index >= 15 is 0 Å². The first-order valence-electron chi connectivity index (χ1n) is 5.98. The van der Waals surface area contributed by atoms with Crippen LogP contribution >= 0.6 is 11.6 Å². The van der Waals surface area contributed by atoms with E-state index in [1.807, 2.05) is 26.0 Å². The number of rotatable bonds is 5. The molecule has 0 spiro atoms. The van der Waals surface area contributed by atoms with E-state index in [9.17, 15) is 4.79 Å². The molecule has 4 heteroatoms. The lowest BCUT2D eigenvalue weighted by atomic mass is 10.1. The van der Waals surface area contributed by atoms with Crippen molar-refractivity contribution in [2.24, 2.45) is 5.92 Å². The summed E-state index contributed by atoms with van der Waals surface area (Å²) in [6, 6.07) is 9.39. The van der Waals surface area contributed by atoms with Crippen LogP contribution < -0.4 is 0 Å². The minimum absolute atomic E-state index is 0.0434. The number of likely N-dealkylation sites (N-methyl/N-ethyl adjacent to an activating group) is 1. The van der Waals surface area contributed by atoms with Crippen LogP contribution in [0.15, 0.2) is 24.3 Å². The van der Waals surface area contributed by atoms with Gasteiger partial charge in [0.15, 0.2) is 0 Å². The fourth-order valence-electron chi connectivity index (χ4n) is 1.67. The molecule has 0 aliphatic rings. The molecule has 0 aromatic heterocycles. The maximum absolute atomic E-state index is 12.1. The summed E-state index contributed by atoms with van der Waals surface area (Å²) >= 11 is 5.79. The van der Waals surface area contributed by atoms with Gasteiger partial charge >= 0.3 is 0 Å². The summed E-state index contributed by atoms with van der Waals surface area (Å²) in [4.78, 5) is 13.8. The molecule has 0 aliphatic heterocycles. The van der Waals surface area contributed by atoms with Gasteiger partial charge in [-0.15, -0.1) is 0 Å². The Labute approximate surface area is 113 Å². The average Bonchev–Trinajstić information content (AvgIpc) is 2.38. The Morgan fingerprint density at radius 1 is 1.44 bits per heavy atom. The number of amides is 1. The third kappa shape index (κ3) is 4.38. The second kappa shape index (κ2) is 7.03. The number of nitriles is 1. The first kappa shape index (κ1) is 14.5. The zero-order valence-corrected chi connectivity index (χ0v) is 11.4. The first-order valence-corrected chi connectivity index (χ1v) is 6.36. The summed E-state index contributed by atoms with van der Waals surface area (Å²) in [5, 5.41) is 9.44. The van der Waals surface area contributed by atoms with E-state index < -0.39 is 0 Å². The first-order chi connectivity index (χ1) is 8.56. The van der Waals surface area contributed by atoms with Crippen molar-refractivity contribution in [3.63, 3.8) is 0 Å². The van der Waals surface area contributed by atoms with Gasteiger partial charge in [-0.2, -0.15) is 5.26 Å². The fraction of sp³-hybridized carbons (Fsp3) is 0.429. The minimum atomic E-state index is -0.140. The van der Waals surface area contributed by atoms with E-state index in [-0.39, 0.29) is 11.8 Å². The van der Waals surface area contributed by atoms with Gasteiger partial charge in [-0.3, -0.25) is 4.79 Å². The molecule has 0 radical (unpaired) electrons. The molecule has 0 saturated heterocycles. The molecule has 96 valence electrons. The van der Waals surface area contributed by atoms with Crippen LogP contribution in [-0.4, -0.2) is 23.9 Å². The lowest BCUT2D eigenvalue weighted by Gasteiger charge is -2.22. The van der Waals surface area contributed by atoms with E-state index in [1.54, 1.807) is 17.0 Å². The normalized spacial score (nSPS) is 11.7. The molecule has 1 unspecified atom stereocenters. The van der Waals surface area contributed by atoms with E-state index in [1.165, 1.54) is 0 Å². The molecule has 1 atom stereocenters. The van der Waals surface area contributed by atoms with Crippen molar-refractivity contribution in [2.45, 2.75) is 20.3 Å². The van der Waals surface area contributed by atoms with Crippen molar-refractivity contribution < 1.29 is 4.79 Å². The molecule has 1 aromatic rings. The van der Waals surface area contributed by atoms with Gasteiger partial charge < -0.3 is 4.90 Å². The van der Waals surface area contributed by atoms with Crippen LogP contribution in [0.25, 0.3) is 0 Å². The number of benzene rings is 1. The van der Waals surface area contributed by atoms with Crippen molar-refractivity contribution in [2.75, 3.05) is 13.1 Å². The van der Waals surface area contributed by atoms with E-state index in [0.717, 1.165) is 5.56 Å². The van der Waals surface area contributed by atoms with Gasteiger partial charge in [0.2, 0.25) is 5.91 Å². The summed E-state index contributed by atoms with van der Waals surface area (Å²) in [5.41, 5.74) is 0.937. The highest BCUT2D eigenvalue weighted by Crippen LogP contribution is 2.11. The van der Waals surface area contributed by atoms with Crippen LogP contribution in [0.3, 0.4) is 0 Å². The lowest BCUT2D eigenvalue weighted by molar-refractivity contribution is -0.130. The molecule has 1 aromatic carbocycles. The maximum Gasteiger partial charge on any atom is 0.227 e. The Bertz CT molecular complexity index is 436. The summed E-state index contributed by atoms with van der Waals surface area (Å²) in [6.07, 6.45) is 0.350. The standard InChI is InChI=1S/C14H17ClN2O/c1-3-17(10-11(2)9-16)14(18)8-12-4-6-13(15)7-5-12/h4-7,11H,3,8,10H2,1-2H3. The number of hydrogen-bond donors (Lipinski definition) is 0. The Kier molecular flexibility index (Phi) is 5.67. The second-order valence-corrected chi connectivity index (χ2v) is 4.70. The number of hydrogen-bond acceptors (Lipinski definition) is 2. The number of carbonyl (C=O) groups is 1. The van der Waals surface area contributed by atoms with Crippen LogP contribution in [0, 0.1) is 17.2 Å². The fourth-order valence-corrected chi connectivity index (χ4v) is 1.79. The van der Waals surface area contributed by atoms with Gasteiger partial charge in [-0.05, 0) is 31.5 Å². The highest BCUT2D eigenvalue weighted by Gasteiger charge is 2.14. The van der Waals surface area contributed by atoms with E-state index in [4.69, 9.17) is 16.9 Å². The molecule has 18 heavy (non-hydrogen) atoms. The molecule has 1 amide bonds. The number of halogens is 1. The molecule has 0 heterocycles. The quantitative estimate of drug-likeness (QED) is 0.821. The van der Waals surface area contributed by atoms with Gasteiger partial charge in [0.1, 0.15) is 0 Å². The van der Waals surface area contributed by atoms with Crippen LogP contribution in [-0.2, 0) is 11.2 Å². The van der Waals surface area contributed by atoms with Gasteiger partial charge in [-0.1, -0.05) is 23.7 Å². The summed E-state index contributed by atoms with van der Waals surface area (Å²) in [5.74, 6) is -0.0963. The predicted molar refractivity (Wildman–Crippen MR) is 72.2 cm³/mol. The third-order valence-electron chi connectivity index (χ3n) is 2.72. The van der Waals surface area contributed by atoms with Crippen LogP contribution in [0.2, 0.25) is 5.02 Å². The van der Waals surface area contributed by atoms with E-state index in [2.05, 4.69) is 6.07 Å². The van der Waals surface area contributed by atoms with Crippen molar-refractivity contribution >= 4 is 17.5 Å². The van der Waals surface area contributed by atoms with Crippen molar-refractivity contribution in [1.82, 2.24) is 4.90 Å². The molecule has 0 bridgehead atoms. The van der Waals surface area contributed by atoms with Gasteiger partial charge in [-0.25, -0.2) is 0 Å².